The zero-order valence-electron chi connectivity index (χ0n) is 9.02. The van der Waals surface area contributed by atoms with Gasteiger partial charge in [-0.1, -0.05) is 11.3 Å². The molecule has 0 saturated heterocycles. The lowest BCUT2D eigenvalue weighted by Gasteiger charge is -2.06. The smallest absolute Gasteiger partial charge is 0.253 e. The molecule has 0 aliphatic heterocycles. The van der Waals surface area contributed by atoms with Gasteiger partial charge in [0.2, 0.25) is 5.13 Å². The van der Waals surface area contributed by atoms with E-state index in [0.29, 0.717) is 5.01 Å². The number of halogens is 2. The molecule has 0 amide bonds. The van der Waals surface area contributed by atoms with Crippen LogP contribution in [0, 0.1) is 12.7 Å². The Morgan fingerprint density at radius 3 is 2.67 bits per heavy atom. The molecule has 2 rings (SSSR count). The maximum atomic E-state index is 12.9. The number of nitrogens with one attached hydrogen (secondary N) is 1. The molecule has 0 spiro atoms. The first-order chi connectivity index (χ1) is 8.38. The maximum absolute atomic E-state index is 12.9. The lowest BCUT2D eigenvalue weighted by Crippen LogP contribution is -2.13. The molecular weight excluding hydrogens is 345 g/mol. The van der Waals surface area contributed by atoms with Crippen molar-refractivity contribution < 1.29 is 12.8 Å². The lowest BCUT2D eigenvalue weighted by molar-refractivity contribution is 0.598. The van der Waals surface area contributed by atoms with Gasteiger partial charge in [-0.2, -0.15) is 0 Å². The summed E-state index contributed by atoms with van der Waals surface area (Å²) >= 11 is 4.13. The summed E-state index contributed by atoms with van der Waals surface area (Å²) in [5, 5.41) is 8.18. The Hall–Kier alpha value is -1.06. The van der Waals surface area contributed by atoms with Crippen molar-refractivity contribution in [3.63, 3.8) is 0 Å². The summed E-state index contributed by atoms with van der Waals surface area (Å²) in [5.74, 6) is -0.521. The first-order valence-corrected chi connectivity index (χ1v) is 7.76. The molecule has 0 radical (unpaired) electrons. The summed E-state index contributed by atoms with van der Waals surface area (Å²) in [6, 6.07) is 3.33. The van der Waals surface area contributed by atoms with Crippen molar-refractivity contribution in [3.05, 3.63) is 33.5 Å². The largest absolute Gasteiger partial charge is 0.264 e. The van der Waals surface area contributed by atoms with E-state index in [2.05, 4.69) is 30.8 Å². The molecule has 1 aromatic carbocycles. The van der Waals surface area contributed by atoms with Gasteiger partial charge in [0.1, 0.15) is 15.7 Å². The van der Waals surface area contributed by atoms with E-state index in [-0.39, 0.29) is 14.5 Å². The van der Waals surface area contributed by atoms with E-state index < -0.39 is 15.8 Å². The van der Waals surface area contributed by atoms with Gasteiger partial charge in [-0.05, 0) is 41.1 Å². The van der Waals surface area contributed by atoms with Crippen molar-refractivity contribution in [2.24, 2.45) is 0 Å². The van der Waals surface area contributed by atoms with Crippen LogP contribution in [0.3, 0.4) is 0 Å². The molecule has 0 unspecified atom stereocenters. The number of hydrogen-bond donors (Lipinski definition) is 1. The van der Waals surface area contributed by atoms with Crippen LogP contribution in [0.25, 0.3) is 0 Å². The second-order valence-corrected chi connectivity index (χ2v) is 6.99. The molecular formula is C9H7BrFN3O2S2. The fourth-order valence-electron chi connectivity index (χ4n) is 1.20. The summed E-state index contributed by atoms with van der Waals surface area (Å²) in [6.45, 7) is 1.71. The quantitative estimate of drug-likeness (QED) is 0.922. The molecule has 0 saturated carbocycles. The molecule has 2 aromatic rings. The zero-order chi connectivity index (χ0) is 13.3. The Bertz CT molecular complexity index is 687. The summed E-state index contributed by atoms with van der Waals surface area (Å²) < 4.78 is 39.4. The Balaban J connectivity index is 2.36. The van der Waals surface area contributed by atoms with Crippen LogP contribution in [0.15, 0.2) is 27.6 Å². The van der Waals surface area contributed by atoms with Gasteiger partial charge in [0, 0.05) is 4.47 Å². The Kier molecular flexibility index (Phi) is 3.64. The molecule has 1 N–H and O–H groups in total. The van der Waals surface area contributed by atoms with E-state index in [1.54, 1.807) is 6.92 Å². The number of sulfonamides is 1. The number of benzene rings is 1. The predicted molar refractivity (Wildman–Crippen MR) is 69.6 cm³/mol. The van der Waals surface area contributed by atoms with Crippen LogP contribution in [0.1, 0.15) is 5.01 Å². The molecule has 5 nitrogen and oxygen atoms in total. The third kappa shape index (κ3) is 2.85. The zero-order valence-corrected chi connectivity index (χ0v) is 12.2. The molecule has 0 bridgehead atoms. The second-order valence-electron chi connectivity index (χ2n) is 3.31. The van der Waals surface area contributed by atoms with E-state index in [4.69, 9.17) is 0 Å². The van der Waals surface area contributed by atoms with Crippen molar-refractivity contribution in [2.75, 3.05) is 4.72 Å². The van der Waals surface area contributed by atoms with Crippen molar-refractivity contribution in [1.82, 2.24) is 10.2 Å². The van der Waals surface area contributed by atoms with Gasteiger partial charge < -0.3 is 0 Å². The first kappa shape index (κ1) is 13.4. The van der Waals surface area contributed by atoms with Gasteiger partial charge in [-0.25, -0.2) is 12.8 Å². The average molecular weight is 352 g/mol. The number of nitrogens with zero attached hydrogens (tertiary/aromatic N) is 2. The summed E-state index contributed by atoms with van der Waals surface area (Å²) in [5.41, 5.74) is 0. The standard InChI is InChI=1S/C9H7BrFN3O2S2/c1-5-12-13-9(17-5)14-18(15,16)8-3-2-6(11)4-7(8)10/h2-4H,1H3,(H,13,14). The predicted octanol–water partition coefficient (Wildman–Crippen LogP) is 2.55. The maximum Gasteiger partial charge on any atom is 0.264 e. The minimum Gasteiger partial charge on any atom is -0.253 e. The van der Waals surface area contributed by atoms with E-state index in [9.17, 15) is 12.8 Å². The molecule has 0 aliphatic rings. The van der Waals surface area contributed by atoms with Crippen LogP contribution in [0.2, 0.25) is 0 Å². The minimum absolute atomic E-state index is 0.0586. The Labute approximate surface area is 115 Å². The Morgan fingerprint density at radius 2 is 2.11 bits per heavy atom. The van der Waals surface area contributed by atoms with Gasteiger partial charge in [0.15, 0.2) is 0 Å². The van der Waals surface area contributed by atoms with E-state index in [0.717, 1.165) is 23.5 Å². The highest BCUT2D eigenvalue weighted by molar-refractivity contribution is 9.10. The van der Waals surface area contributed by atoms with Crippen molar-refractivity contribution in [1.29, 1.82) is 0 Å². The molecule has 0 fully saturated rings. The minimum atomic E-state index is -3.80. The summed E-state index contributed by atoms with van der Waals surface area (Å²) in [4.78, 5) is -0.0586. The monoisotopic (exact) mass is 351 g/mol. The Morgan fingerprint density at radius 1 is 1.39 bits per heavy atom. The number of rotatable bonds is 3. The summed E-state index contributed by atoms with van der Waals surface area (Å²) in [6.07, 6.45) is 0. The highest BCUT2D eigenvalue weighted by atomic mass is 79.9. The van der Waals surface area contributed by atoms with Gasteiger partial charge in [-0.15, -0.1) is 10.2 Å². The second kappa shape index (κ2) is 4.90. The first-order valence-electron chi connectivity index (χ1n) is 4.66. The van der Waals surface area contributed by atoms with Crippen LogP contribution in [-0.2, 0) is 10.0 Å². The van der Waals surface area contributed by atoms with Gasteiger partial charge >= 0.3 is 0 Å². The molecule has 1 aromatic heterocycles. The number of hydrogen-bond acceptors (Lipinski definition) is 5. The van der Waals surface area contributed by atoms with Crippen molar-refractivity contribution in [2.45, 2.75) is 11.8 Å². The molecule has 96 valence electrons. The van der Waals surface area contributed by atoms with Gasteiger partial charge in [-0.3, -0.25) is 4.72 Å². The number of aryl methyl sites for hydroxylation is 1. The normalized spacial score (nSPS) is 11.5. The van der Waals surface area contributed by atoms with Crippen LogP contribution < -0.4 is 4.72 Å². The van der Waals surface area contributed by atoms with Crippen LogP contribution in [0.4, 0.5) is 9.52 Å². The lowest BCUT2D eigenvalue weighted by atomic mass is 10.3. The fourth-order valence-corrected chi connectivity index (χ4v) is 4.07. The van der Waals surface area contributed by atoms with E-state index in [1.165, 1.54) is 6.07 Å². The fraction of sp³-hybridized carbons (Fsp3) is 0.111. The molecule has 0 aliphatic carbocycles. The van der Waals surface area contributed by atoms with Gasteiger partial charge in [0.25, 0.3) is 10.0 Å². The van der Waals surface area contributed by atoms with Gasteiger partial charge in [0.05, 0.1) is 0 Å². The van der Waals surface area contributed by atoms with Crippen LogP contribution in [-0.4, -0.2) is 18.6 Å². The average Bonchev–Trinajstić information content (AvgIpc) is 2.62. The summed E-state index contributed by atoms with van der Waals surface area (Å²) in [7, 11) is -3.80. The van der Waals surface area contributed by atoms with Crippen molar-refractivity contribution in [3.8, 4) is 0 Å². The van der Waals surface area contributed by atoms with Crippen LogP contribution >= 0.6 is 27.3 Å². The SMILES string of the molecule is Cc1nnc(NS(=O)(=O)c2ccc(F)cc2Br)s1. The number of aromatic nitrogens is 2. The topological polar surface area (TPSA) is 72.0 Å². The van der Waals surface area contributed by atoms with Crippen LogP contribution in [0.5, 0.6) is 0 Å². The molecule has 0 atom stereocenters. The van der Waals surface area contributed by atoms with E-state index >= 15 is 0 Å². The van der Waals surface area contributed by atoms with Crippen molar-refractivity contribution >= 4 is 42.4 Å². The highest BCUT2D eigenvalue weighted by Crippen LogP contribution is 2.25. The number of anilines is 1. The third-order valence-electron chi connectivity index (χ3n) is 1.93. The molecule has 9 heteroatoms. The molecule has 18 heavy (non-hydrogen) atoms. The highest BCUT2D eigenvalue weighted by Gasteiger charge is 2.19. The van der Waals surface area contributed by atoms with E-state index in [1.807, 2.05) is 0 Å². The third-order valence-corrected chi connectivity index (χ3v) is 5.13. The molecule has 1 heterocycles.